The molecule has 0 aliphatic heterocycles. The Kier molecular flexibility index (Phi) is 5.82. The Morgan fingerprint density at radius 3 is 2.50 bits per heavy atom. The van der Waals surface area contributed by atoms with E-state index in [1.165, 1.54) is 11.3 Å². The van der Waals surface area contributed by atoms with Crippen molar-refractivity contribution < 1.29 is 9.84 Å². The zero-order chi connectivity index (χ0) is 20.9. The van der Waals surface area contributed by atoms with Crippen molar-refractivity contribution in [2.24, 2.45) is 10.2 Å². The SMILES string of the molecule is COc1ccc(-c2csc(N=NC=c3ccc(=Cc4sc(=O)[nH]c4O)cc3)n2)cc1. The summed E-state index contributed by atoms with van der Waals surface area (Å²) in [5.41, 5.74) is 1.83. The van der Waals surface area contributed by atoms with E-state index in [1.54, 1.807) is 19.4 Å². The number of rotatable bonds is 5. The number of nitrogens with zero attached hydrogens (tertiary/aromatic N) is 3. The highest BCUT2D eigenvalue weighted by atomic mass is 32.1. The van der Waals surface area contributed by atoms with Crippen LogP contribution in [-0.4, -0.2) is 22.2 Å². The minimum Gasteiger partial charge on any atom is -0.497 e. The van der Waals surface area contributed by atoms with Crippen LogP contribution in [0, 0.1) is 0 Å². The molecule has 0 aliphatic rings. The molecule has 0 atom stereocenters. The molecule has 2 aromatic heterocycles. The maximum Gasteiger partial charge on any atom is 0.307 e. The first-order chi connectivity index (χ1) is 14.6. The normalized spacial score (nSPS) is 11.0. The van der Waals surface area contributed by atoms with Gasteiger partial charge in [-0.2, -0.15) is 5.11 Å². The van der Waals surface area contributed by atoms with E-state index in [-0.39, 0.29) is 10.8 Å². The highest BCUT2D eigenvalue weighted by Crippen LogP contribution is 2.28. The molecule has 150 valence electrons. The van der Waals surface area contributed by atoms with Gasteiger partial charge in [0.1, 0.15) is 5.75 Å². The lowest BCUT2D eigenvalue weighted by atomic mass is 10.2. The van der Waals surface area contributed by atoms with Gasteiger partial charge in [0.25, 0.3) is 0 Å². The molecule has 0 bridgehead atoms. The van der Waals surface area contributed by atoms with E-state index in [9.17, 15) is 9.90 Å². The zero-order valence-electron chi connectivity index (χ0n) is 15.8. The van der Waals surface area contributed by atoms with Gasteiger partial charge >= 0.3 is 4.87 Å². The van der Waals surface area contributed by atoms with Crippen LogP contribution in [-0.2, 0) is 0 Å². The number of ether oxygens (including phenoxy) is 1. The van der Waals surface area contributed by atoms with Gasteiger partial charge < -0.3 is 9.84 Å². The molecule has 0 aliphatic carbocycles. The van der Waals surface area contributed by atoms with Crippen molar-refractivity contribution in [2.75, 3.05) is 7.11 Å². The third kappa shape index (κ3) is 4.70. The summed E-state index contributed by atoms with van der Waals surface area (Å²) in [6, 6.07) is 15.2. The fourth-order valence-electron chi connectivity index (χ4n) is 2.61. The molecule has 0 fully saturated rings. The van der Waals surface area contributed by atoms with Crippen molar-refractivity contribution in [3.63, 3.8) is 0 Å². The molecule has 4 aromatic rings. The zero-order valence-corrected chi connectivity index (χ0v) is 17.4. The predicted molar refractivity (Wildman–Crippen MR) is 119 cm³/mol. The Morgan fingerprint density at radius 1 is 1.10 bits per heavy atom. The number of hydrogen-bond acceptors (Lipinski definition) is 8. The highest BCUT2D eigenvalue weighted by Gasteiger charge is 2.04. The molecule has 9 heteroatoms. The van der Waals surface area contributed by atoms with Gasteiger partial charge in [-0.1, -0.05) is 35.6 Å². The Bertz CT molecular complexity index is 1340. The first-order valence-corrected chi connectivity index (χ1v) is 10.5. The summed E-state index contributed by atoms with van der Waals surface area (Å²) in [7, 11) is 1.63. The van der Waals surface area contributed by atoms with Gasteiger partial charge in [-0.15, -0.1) is 16.5 Å². The largest absolute Gasteiger partial charge is 0.497 e. The van der Waals surface area contributed by atoms with E-state index in [1.807, 2.05) is 53.9 Å². The van der Waals surface area contributed by atoms with Crippen molar-refractivity contribution in [3.05, 3.63) is 78.9 Å². The number of H-pyrrole nitrogens is 1. The molecule has 7 nitrogen and oxygen atoms in total. The molecule has 0 saturated heterocycles. The number of aromatic amines is 1. The van der Waals surface area contributed by atoms with Gasteiger partial charge in [0.05, 0.1) is 23.9 Å². The number of methoxy groups -OCH3 is 1. The van der Waals surface area contributed by atoms with Crippen molar-refractivity contribution in [2.45, 2.75) is 0 Å². The number of aromatic nitrogens is 2. The van der Waals surface area contributed by atoms with Crippen LogP contribution in [0.4, 0.5) is 5.13 Å². The standard InChI is InChI=1S/C21H16N4O3S2/c1-28-16-8-6-15(7-9-16)17-12-29-20(23-17)25-22-11-14-4-2-13(3-5-14)10-18-19(26)24-21(27)30-18/h2-12,26H,1H3,(H,24,27). The molecule has 0 saturated carbocycles. The van der Waals surface area contributed by atoms with Crippen LogP contribution in [0.2, 0.25) is 0 Å². The molecule has 4 rings (SSSR count). The summed E-state index contributed by atoms with van der Waals surface area (Å²) in [5.74, 6) is 0.680. The molecule has 2 aromatic carbocycles. The molecule has 0 spiro atoms. The van der Waals surface area contributed by atoms with E-state index in [2.05, 4.69) is 20.2 Å². The average molecular weight is 437 g/mol. The van der Waals surface area contributed by atoms with Crippen LogP contribution in [0.3, 0.4) is 0 Å². The fraction of sp³-hybridized carbons (Fsp3) is 0.0476. The van der Waals surface area contributed by atoms with Crippen LogP contribution < -0.4 is 20.0 Å². The number of thiazole rings is 2. The summed E-state index contributed by atoms with van der Waals surface area (Å²) in [5, 5.41) is 22.2. The number of nitrogens with one attached hydrogen (secondary N) is 1. The summed E-state index contributed by atoms with van der Waals surface area (Å²) in [6.07, 6.45) is 3.38. The molecule has 0 unspecified atom stereocenters. The average Bonchev–Trinajstić information content (AvgIpc) is 3.35. The molecule has 0 amide bonds. The first kappa shape index (κ1) is 19.7. The Balaban J connectivity index is 1.48. The number of benzene rings is 2. The number of aromatic hydroxyl groups is 1. The van der Waals surface area contributed by atoms with E-state index in [0.29, 0.717) is 10.0 Å². The second kappa shape index (κ2) is 8.85. The van der Waals surface area contributed by atoms with Crippen molar-refractivity contribution in [1.82, 2.24) is 9.97 Å². The van der Waals surface area contributed by atoms with Gasteiger partial charge in [0.2, 0.25) is 11.0 Å². The molecular formula is C21H16N4O3S2. The van der Waals surface area contributed by atoms with Crippen molar-refractivity contribution in [1.29, 1.82) is 0 Å². The Morgan fingerprint density at radius 2 is 1.83 bits per heavy atom. The highest BCUT2D eigenvalue weighted by molar-refractivity contribution is 7.13. The van der Waals surface area contributed by atoms with Gasteiger partial charge in [-0.25, -0.2) is 4.98 Å². The maximum absolute atomic E-state index is 11.2. The monoisotopic (exact) mass is 436 g/mol. The van der Waals surface area contributed by atoms with Crippen LogP contribution in [0.15, 0.2) is 68.9 Å². The lowest BCUT2D eigenvalue weighted by Crippen LogP contribution is -2.06. The molecule has 0 radical (unpaired) electrons. The second-order valence-electron chi connectivity index (χ2n) is 6.13. The van der Waals surface area contributed by atoms with Crippen LogP contribution in [0.25, 0.3) is 23.5 Å². The fourth-order valence-corrected chi connectivity index (χ4v) is 3.95. The minimum atomic E-state index is -0.290. The quantitative estimate of drug-likeness (QED) is 0.467. The lowest BCUT2D eigenvalue weighted by molar-refractivity contribution is 0.415. The number of hydrogen-bond donors (Lipinski definition) is 2. The predicted octanol–water partition coefficient (Wildman–Crippen LogP) is 3.62. The van der Waals surface area contributed by atoms with E-state index in [4.69, 9.17) is 4.74 Å². The van der Waals surface area contributed by atoms with Crippen molar-refractivity contribution >= 4 is 40.1 Å². The summed E-state index contributed by atoms with van der Waals surface area (Å²) in [4.78, 5) is 18.3. The Hall–Kier alpha value is -3.56. The van der Waals surface area contributed by atoms with Crippen LogP contribution in [0.5, 0.6) is 11.6 Å². The van der Waals surface area contributed by atoms with Gasteiger partial charge in [0, 0.05) is 10.9 Å². The van der Waals surface area contributed by atoms with Gasteiger partial charge in [-0.3, -0.25) is 9.78 Å². The smallest absolute Gasteiger partial charge is 0.307 e. The van der Waals surface area contributed by atoms with E-state index >= 15 is 0 Å². The van der Waals surface area contributed by atoms with E-state index in [0.717, 1.165) is 38.8 Å². The summed E-state index contributed by atoms with van der Waals surface area (Å²) in [6.45, 7) is 0. The third-order valence-electron chi connectivity index (χ3n) is 4.12. The Labute approximate surface area is 179 Å². The third-order valence-corrected chi connectivity index (χ3v) is 5.66. The summed E-state index contributed by atoms with van der Waals surface area (Å²) < 4.78 is 5.17. The first-order valence-electron chi connectivity index (χ1n) is 8.81. The van der Waals surface area contributed by atoms with Gasteiger partial charge in [-0.05, 0) is 40.8 Å². The van der Waals surface area contributed by atoms with Gasteiger partial charge in [0.15, 0.2) is 0 Å². The topological polar surface area (TPSA) is 99.9 Å². The summed E-state index contributed by atoms with van der Waals surface area (Å²) >= 11 is 2.37. The van der Waals surface area contributed by atoms with Crippen LogP contribution in [0.1, 0.15) is 4.88 Å². The molecular weight excluding hydrogens is 420 g/mol. The number of azo groups is 1. The lowest BCUT2D eigenvalue weighted by Gasteiger charge is -2.00. The van der Waals surface area contributed by atoms with Crippen molar-refractivity contribution in [3.8, 4) is 22.9 Å². The molecule has 30 heavy (non-hydrogen) atoms. The second-order valence-corrected chi connectivity index (χ2v) is 7.98. The molecule has 2 N–H and O–H groups in total. The molecule has 2 heterocycles. The maximum atomic E-state index is 11.2. The minimum absolute atomic E-state index is 0.119. The van der Waals surface area contributed by atoms with E-state index < -0.39 is 0 Å². The van der Waals surface area contributed by atoms with Crippen LogP contribution >= 0.6 is 22.7 Å².